The van der Waals surface area contributed by atoms with Crippen LogP contribution in [0.3, 0.4) is 0 Å². The second-order valence-corrected chi connectivity index (χ2v) is 9.57. The van der Waals surface area contributed by atoms with Crippen LogP contribution in [0.25, 0.3) is 55.9 Å². The Balaban J connectivity index is 1.47. The summed E-state index contributed by atoms with van der Waals surface area (Å²) in [5, 5.41) is 0. The third-order valence-corrected chi connectivity index (χ3v) is 7.46. The maximum Gasteiger partial charge on any atom is 0.255 e. The summed E-state index contributed by atoms with van der Waals surface area (Å²) in [6.45, 7) is 0. The highest BCUT2D eigenvalue weighted by Crippen LogP contribution is 2.34. The molecule has 0 fully saturated rings. The van der Waals surface area contributed by atoms with Crippen LogP contribution in [0.4, 0.5) is 0 Å². The summed E-state index contributed by atoms with van der Waals surface area (Å²) in [4.78, 5) is 5.31. The number of ether oxygens (including phenoxy) is 1. The van der Waals surface area contributed by atoms with Gasteiger partial charge in [-0.15, -0.1) is 0 Å². The van der Waals surface area contributed by atoms with Gasteiger partial charge in [-0.05, 0) is 60.7 Å². The average Bonchev–Trinajstić information content (AvgIpc) is 3.67. The van der Waals surface area contributed by atoms with E-state index in [9.17, 15) is 0 Å². The van der Waals surface area contributed by atoms with E-state index in [4.69, 9.17) is 9.72 Å². The van der Waals surface area contributed by atoms with Crippen molar-refractivity contribution in [1.82, 2.24) is 18.5 Å². The molecular weight excluding hydrogens is 482 g/mol. The van der Waals surface area contributed by atoms with Crippen molar-refractivity contribution in [3.8, 4) is 22.8 Å². The first kappa shape index (κ1) is 21.7. The number of imidazole rings is 3. The smallest absolute Gasteiger partial charge is 0.255 e. The summed E-state index contributed by atoms with van der Waals surface area (Å²) in [6, 6.07) is 41.8. The number of benzene rings is 5. The molecule has 0 N–H and O–H groups in total. The Morgan fingerprint density at radius 3 is 2.18 bits per heavy atom. The molecule has 8 aromatic rings. The fourth-order valence-electron chi connectivity index (χ4n) is 5.75. The van der Waals surface area contributed by atoms with Crippen LogP contribution in [0.2, 0.25) is 0 Å². The van der Waals surface area contributed by atoms with Crippen molar-refractivity contribution in [2.75, 3.05) is 7.11 Å². The van der Waals surface area contributed by atoms with Gasteiger partial charge in [0.05, 0.1) is 29.3 Å². The van der Waals surface area contributed by atoms with Crippen LogP contribution < -0.4 is 9.30 Å². The standard InChI is InChI=1S/C33H24N5O/c1-39-31-21-10-9-18-28(31)37-26-16-7-8-17-27(26)38-30-20-11-19-29(32(30)34-33(37)38)36-22-35(23-12-3-2-4-13-23)24-14-5-6-15-25(24)36/h2-22H,1H3/q+1. The second-order valence-electron chi connectivity index (χ2n) is 9.57. The zero-order valence-corrected chi connectivity index (χ0v) is 21.3. The molecule has 6 nitrogen and oxygen atoms in total. The summed E-state index contributed by atoms with van der Waals surface area (Å²) in [5.74, 6) is 1.64. The zero-order valence-electron chi connectivity index (χ0n) is 21.3. The highest BCUT2D eigenvalue weighted by atomic mass is 16.5. The molecule has 0 atom stereocenters. The normalized spacial score (nSPS) is 11.7. The van der Waals surface area contributed by atoms with Crippen molar-refractivity contribution in [3.63, 3.8) is 0 Å². The Morgan fingerprint density at radius 2 is 1.33 bits per heavy atom. The monoisotopic (exact) mass is 506 g/mol. The summed E-state index contributed by atoms with van der Waals surface area (Å²) in [5.41, 5.74) is 9.49. The minimum absolute atomic E-state index is 0.799. The summed E-state index contributed by atoms with van der Waals surface area (Å²) in [6.07, 6.45) is 2.16. The van der Waals surface area contributed by atoms with Crippen LogP contribution in [-0.2, 0) is 0 Å². The van der Waals surface area contributed by atoms with E-state index in [0.717, 1.165) is 61.7 Å². The van der Waals surface area contributed by atoms with E-state index < -0.39 is 0 Å². The Hall–Kier alpha value is -5.36. The van der Waals surface area contributed by atoms with Crippen LogP contribution in [0.15, 0.2) is 128 Å². The maximum absolute atomic E-state index is 5.76. The number of fused-ring (bicyclic) bond motifs is 6. The molecule has 0 radical (unpaired) electrons. The lowest BCUT2D eigenvalue weighted by molar-refractivity contribution is -0.566. The zero-order chi connectivity index (χ0) is 25.9. The molecule has 0 unspecified atom stereocenters. The van der Waals surface area contributed by atoms with Crippen LogP contribution in [0.5, 0.6) is 5.75 Å². The first-order valence-electron chi connectivity index (χ1n) is 12.9. The Morgan fingerprint density at radius 1 is 0.641 bits per heavy atom. The largest absolute Gasteiger partial charge is 0.495 e. The van der Waals surface area contributed by atoms with E-state index in [-0.39, 0.29) is 0 Å². The van der Waals surface area contributed by atoms with Crippen molar-refractivity contribution in [2.45, 2.75) is 0 Å². The molecule has 0 aliphatic rings. The number of aromatic nitrogens is 5. The lowest BCUT2D eigenvalue weighted by Gasteiger charge is -2.10. The number of rotatable bonds is 4. The van der Waals surface area contributed by atoms with Crippen LogP contribution in [-0.4, -0.2) is 25.6 Å². The minimum atomic E-state index is 0.799. The van der Waals surface area contributed by atoms with Gasteiger partial charge in [-0.2, -0.15) is 9.13 Å². The third-order valence-electron chi connectivity index (χ3n) is 7.46. The molecule has 5 aromatic carbocycles. The van der Waals surface area contributed by atoms with Gasteiger partial charge in [-0.1, -0.05) is 60.7 Å². The predicted octanol–water partition coefficient (Wildman–Crippen LogP) is 6.66. The first-order valence-corrected chi connectivity index (χ1v) is 12.9. The van der Waals surface area contributed by atoms with Gasteiger partial charge >= 0.3 is 0 Å². The fraction of sp³-hybridized carbons (Fsp3) is 0.0303. The van der Waals surface area contributed by atoms with Gasteiger partial charge in [-0.25, -0.2) is 4.98 Å². The number of hydrogen-bond acceptors (Lipinski definition) is 2. The maximum atomic E-state index is 5.76. The number of hydrogen-bond donors (Lipinski definition) is 0. The van der Waals surface area contributed by atoms with E-state index in [1.54, 1.807) is 7.11 Å². The van der Waals surface area contributed by atoms with Gasteiger partial charge in [0, 0.05) is 0 Å². The molecule has 0 saturated heterocycles. The summed E-state index contributed by atoms with van der Waals surface area (Å²) >= 11 is 0. The molecule has 8 rings (SSSR count). The molecule has 0 spiro atoms. The van der Waals surface area contributed by atoms with E-state index in [1.807, 2.05) is 24.3 Å². The molecule has 0 amide bonds. The highest BCUT2D eigenvalue weighted by molar-refractivity contribution is 5.95. The van der Waals surface area contributed by atoms with Gasteiger partial charge in [0.2, 0.25) is 5.78 Å². The predicted molar refractivity (Wildman–Crippen MR) is 154 cm³/mol. The van der Waals surface area contributed by atoms with Crippen LogP contribution >= 0.6 is 0 Å². The quantitative estimate of drug-likeness (QED) is 0.251. The Labute approximate surface area is 224 Å². The number of methoxy groups -OCH3 is 1. The molecule has 39 heavy (non-hydrogen) atoms. The molecule has 186 valence electrons. The van der Waals surface area contributed by atoms with Gasteiger partial charge in [0.25, 0.3) is 6.33 Å². The SMILES string of the molecule is COc1ccccc1-n1c2ccccc2n2c3cccc(-[n+]4cn(-c5ccccc5)c5ccccc54)c3nc12. The van der Waals surface area contributed by atoms with Crippen molar-refractivity contribution in [3.05, 3.63) is 128 Å². The molecule has 3 aromatic heterocycles. The summed E-state index contributed by atoms with van der Waals surface area (Å²) in [7, 11) is 1.71. The Kier molecular flexibility index (Phi) is 4.63. The van der Waals surface area contributed by atoms with Crippen LogP contribution in [0, 0.1) is 0 Å². The Bertz CT molecular complexity index is 2170. The lowest BCUT2D eigenvalue weighted by atomic mass is 10.2. The molecular formula is C33H24N5O+. The summed E-state index contributed by atoms with van der Waals surface area (Å²) < 4.78 is 14.7. The average molecular weight is 507 g/mol. The molecule has 3 heterocycles. The first-order chi connectivity index (χ1) is 19.3. The lowest BCUT2D eigenvalue weighted by Crippen LogP contribution is -2.29. The fourth-order valence-corrected chi connectivity index (χ4v) is 5.75. The third kappa shape index (κ3) is 3.09. The second kappa shape index (κ2) is 8.33. The van der Waals surface area contributed by atoms with Gasteiger partial charge in [-0.3, -0.25) is 8.97 Å². The molecule has 0 aliphatic heterocycles. The van der Waals surface area contributed by atoms with Gasteiger partial charge in [0.1, 0.15) is 17.0 Å². The van der Waals surface area contributed by atoms with Crippen molar-refractivity contribution in [1.29, 1.82) is 0 Å². The molecule has 0 bridgehead atoms. The number of para-hydroxylation sites is 8. The van der Waals surface area contributed by atoms with E-state index in [0.29, 0.717) is 0 Å². The van der Waals surface area contributed by atoms with Crippen LogP contribution in [0.1, 0.15) is 0 Å². The molecule has 0 saturated carbocycles. The van der Waals surface area contributed by atoms with Crippen molar-refractivity contribution >= 4 is 38.9 Å². The highest BCUT2D eigenvalue weighted by Gasteiger charge is 2.24. The van der Waals surface area contributed by atoms with E-state index in [1.165, 1.54) is 0 Å². The minimum Gasteiger partial charge on any atom is -0.495 e. The van der Waals surface area contributed by atoms with E-state index >= 15 is 0 Å². The van der Waals surface area contributed by atoms with Gasteiger partial charge in [0.15, 0.2) is 16.7 Å². The molecule has 0 aliphatic carbocycles. The number of nitrogens with zero attached hydrogens (tertiary/aromatic N) is 5. The topological polar surface area (TPSA) is 40.3 Å². The van der Waals surface area contributed by atoms with E-state index in [2.05, 4.69) is 121 Å². The molecule has 6 heteroatoms. The van der Waals surface area contributed by atoms with Gasteiger partial charge < -0.3 is 4.74 Å². The van der Waals surface area contributed by atoms with Crippen molar-refractivity contribution < 1.29 is 9.30 Å². The van der Waals surface area contributed by atoms with Crippen molar-refractivity contribution in [2.24, 2.45) is 0 Å².